The van der Waals surface area contributed by atoms with Crippen molar-refractivity contribution in [3.63, 3.8) is 0 Å². The maximum atomic E-state index is 12.6. The number of carbonyl (C=O) groups is 2. The molecule has 7 nitrogen and oxygen atoms in total. The molecule has 2 N–H and O–H groups in total. The highest BCUT2D eigenvalue weighted by Crippen LogP contribution is 2.36. The fourth-order valence-corrected chi connectivity index (χ4v) is 3.33. The number of rotatable bonds is 6. The van der Waals surface area contributed by atoms with E-state index in [0.29, 0.717) is 22.6 Å². The lowest BCUT2D eigenvalue weighted by atomic mass is 10.1. The highest BCUT2D eigenvalue weighted by Gasteiger charge is 2.21. The van der Waals surface area contributed by atoms with Gasteiger partial charge in [-0.25, -0.2) is 0 Å². The normalized spacial score (nSPS) is 11.9. The molecule has 31 heavy (non-hydrogen) atoms. The number of ether oxygens (including phenoxy) is 2. The van der Waals surface area contributed by atoms with Crippen LogP contribution in [0.1, 0.15) is 12.5 Å². The molecule has 1 heterocycles. The van der Waals surface area contributed by atoms with Crippen LogP contribution in [0.2, 0.25) is 0 Å². The molecule has 0 saturated carbocycles. The second-order valence-corrected chi connectivity index (χ2v) is 7.11. The maximum Gasteiger partial charge on any atom is 0.311 e. The summed E-state index contributed by atoms with van der Waals surface area (Å²) in [5.74, 6) is -0.462. The molecule has 4 aromatic rings. The summed E-state index contributed by atoms with van der Waals surface area (Å²) in [5, 5.41) is 13.9. The van der Waals surface area contributed by atoms with E-state index in [2.05, 4.69) is 5.32 Å². The van der Waals surface area contributed by atoms with Gasteiger partial charge in [0.05, 0.1) is 19.2 Å². The van der Waals surface area contributed by atoms with Crippen molar-refractivity contribution in [2.75, 3.05) is 12.4 Å². The van der Waals surface area contributed by atoms with E-state index in [9.17, 15) is 14.7 Å². The summed E-state index contributed by atoms with van der Waals surface area (Å²) < 4.78 is 16.6. The van der Waals surface area contributed by atoms with E-state index in [1.807, 2.05) is 24.3 Å². The summed E-state index contributed by atoms with van der Waals surface area (Å²) >= 11 is 0. The van der Waals surface area contributed by atoms with Crippen molar-refractivity contribution in [2.45, 2.75) is 19.4 Å². The lowest BCUT2D eigenvalue weighted by molar-refractivity contribution is -0.152. The number of amides is 1. The molecule has 0 aliphatic heterocycles. The van der Waals surface area contributed by atoms with Crippen molar-refractivity contribution < 1.29 is 28.6 Å². The minimum absolute atomic E-state index is 0.00777. The van der Waals surface area contributed by atoms with Crippen LogP contribution in [0.5, 0.6) is 11.5 Å². The van der Waals surface area contributed by atoms with Crippen LogP contribution >= 0.6 is 0 Å². The molecule has 1 amide bonds. The van der Waals surface area contributed by atoms with Gasteiger partial charge in [0.25, 0.3) is 5.91 Å². The molecule has 7 heteroatoms. The minimum atomic E-state index is -1.01. The fraction of sp³-hybridized carbons (Fsp3) is 0.167. The fourth-order valence-electron chi connectivity index (χ4n) is 3.33. The molecule has 0 radical (unpaired) electrons. The number of aromatic hydroxyl groups is 1. The van der Waals surface area contributed by atoms with E-state index >= 15 is 0 Å². The third-order valence-electron chi connectivity index (χ3n) is 4.92. The number of hydrogen-bond acceptors (Lipinski definition) is 6. The zero-order valence-electron chi connectivity index (χ0n) is 17.0. The first kappa shape index (κ1) is 20.3. The highest BCUT2D eigenvalue weighted by molar-refractivity contribution is 6.08. The third-order valence-corrected chi connectivity index (χ3v) is 4.92. The van der Waals surface area contributed by atoms with Gasteiger partial charge in [-0.3, -0.25) is 9.59 Å². The molecule has 4 rings (SSSR count). The van der Waals surface area contributed by atoms with Crippen LogP contribution in [0.3, 0.4) is 0 Å². The predicted molar refractivity (Wildman–Crippen MR) is 116 cm³/mol. The second kappa shape index (κ2) is 8.39. The number of anilines is 1. The molecule has 1 atom stereocenters. The molecule has 0 aliphatic carbocycles. The number of furan rings is 1. The van der Waals surface area contributed by atoms with Gasteiger partial charge < -0.3 is 24.3 Å². The Morgan fingerprint density at radius 2 is 1.77 bits per heavy atom. The van der Waals surface area contributed by atoms with E-state index in [-0.39, 0.29) is 12.2 Å². The average Bonchev–Trinajstić information content (AvgIpc) is 3.12. The lowest BCUT2D eigenvalue weighted by Gasteiger charge is -2.15. The number of benzene rings is 3. The van der Waals surface area contributed by atoms with Crippen LogP contribution in [0, 0.1) is 0 Å². The number of esters is 1. The molecular formula is C24H21NO6. The molecule has 0 spiro atoms. The van der Waals surface area contributed by atoms with Gasteiger partial charge in [-0.15, -0.1) is 0 Å². The Labute approximate surface area is 178 Å². The second-order valence-electron chi connectivity index (χ2n) is 7.11. The van der Waals surface area contributed by atoms with E-state index in [4.69, 9.17) is 13.9 Å². The Morgan fingerprint density at radius 3 is 2.52 bits per heavy atom. The van der Waals surface area contributed by atoms with E-state index in [0.717, 1.165) is 16.4 Å². The number of para-hydroxylation sites is 1. The van der Waals surface area contributed by atoms with E-state index in [1.54, 1.807) is 24.3 Å². The summed E-state index contributed by atoms with van der Waals surface area (Å²) in [6.07, 6.45) is -1.02. The number of methoxy groups -OCH3 is 1. The Balaban J connectivity index is 1.48. The molecule has 158 valence electrons. The van der Waals surface area contributed by atoms with Crippen molar-refractivity contribution in [3.8, 4) is 11.5 Å². The number of nitrogens with one attached hydrogen (secondary N) is 1. The SMILES string of the molecule is COc1cc2c(cc1NC(=O)[C@@H](C)OC(=O)Cc1ccc(O)cc1)oc1ccccc12. The lowest BCUT2D eigenvalue weighted by Crippen LogP contribution is -2.30. The number of phenols is 1. The van der Waals surface area contributed by atoms with Gasteiger partial charge >= 0.3 is 5.97 Å². The minimum Gasteiger partial charge on any atom is -0.508 e. The topological polar surface area (TPSA) is 98.0 Å². The summed E-state index contributed by atoms with van der Waals surface area (Å²) in [4.78, 5) is 24.8. The smallest absolute Gasteiger partial charge is 0.311 e. The Kier molecular flexibility index (Phi) is 5.49. The number of fused-ring (bicyclic) bond motifs is 3. The summed E-state index contributed by atoms with van der Waals surface area (Å²) in [7, 11) is 1.51. The van der Waals surface area contributed by atoms with Crippen molar-refractivity contribution in [1.29, 1.82) is 0 Å². The first-order chi connectivity index (χ1) is 14.9. The van der Waals surface area contributed by atoms with E-state index in [1.165, 1.54) is 26.2 Å². The van der Waals surface area contributed by atoms with Crippen LogP contribution < -0.4 is 10.1 Å². The van der Waals surface area contributed by atoms with Crippen LogP contribution in [-0.2, 0) is 20.7 Å². The monoisotopic (exact) mass is 419 g/mol. The molecule has 0 aliphatic rings. The molecule has 1 aromatic heterocycles. The number of phenolic OH excluding ortho intramolecular Hbond substituents is 1. The van der Waals surface area contributed by atoms with Gasteiger partial charge in [0.15, 0.2) is 6.10 Å². The van der Waals surface area contributed by atoms with Crippen molar-refractivity contribution in [2.24, 2.45) is 0 Å². The summed E-state index contributed by atoms with van der Waals surface area (Å²) in [6.45, 7) is 1.50. The summed E-state index contributed by atoms with van der Waals surface area (Å²) in [6, 6.07) is 17.3. The maximum absolute atomic E-state index is 12.6. The zero-order valence-corrected chi connectivity index (χ0v) is 17.0. The van der Waals surface area contributed by atoms with Crippen LogP contribution in [0.4, 0.5) is 5.69 Å². The predicted octanol–water partition coefficient (Wildman–Crippen LogP) is 4.41. The summed E-state index contributed by atoms with van der Waals surface area (Å²) in [5.41, 5.74) is 2.43. The van der Waals surface area contributed by atoms with Crippen LogP contribution in [-0.4, -0.2) is 30.2 Å². The van der Waals surface area contributed by atoms with Gasteiger partial charge in [-0.2, -0.15) is 0 Å². The molecule has 0 fully saturated rings. The van der Waals surface area contributed by atoms with Gasteiger partial charge in [-0.1, -0.05) is 30.3 Å². The molecule has 3 aromatic carbocycles. The van der Waals surface area contributed by atoms with Crippen molar-refractivity contribution in [1.82, 2.24) is 0 Å². The zero-order chi connectivity index (χ0) is 22.0. The quantitative estimate of drug-likeness (QED) is 0.449. The molecule has 0 bridgehead atoms. The Morgan fingerprint density at radius 1 is 1.03 bits per heavy atom. The standard InChI is InChI=1S/C24H21NO6/c1-14(30-23(27)11-15-7-9-16(26)10-8-15)24(28)25-19-13-21-18(12-22(19)29-2)17-5-3-4-6-20(17)31-21/h3-10,12-14,26H,11H2,1-2H3,(H,25,28)/t14-/m1/s1. The van der Waals surface area contributed by atoms with Gasteiger partial charge in [-0.05, 0) is 36.8 Å². The van der Waals surface area contributed by atoms with E-state index < -0.39 is 18.0 Å². The first-order valence-corrected chi connectivity index (χ1v) is 9.72. The largest absolute Gasteiger partial charge is 0.508 e. The average molecular weight is 419 g/mol. The third kappa shape index (κ3) is 4.30. The molecule has 0 unspecified atom stereocenters. The van der Waals surface area contributed by atoms with Gasteiger partial charge in [0, 0.05) is 16.8 Å². The van der Waals surface area contributed by atoms with Crippen LogP contribution in [0.25, 0.3) is 21.9 Å². The number of hydrogen-bond donors (Lipinski definition) is 2. The molecular weight excluding hydrogens is 398 g/mol. The van der Waals surface area contributed by atoms with Crippen LogP contribution in [0.15, 0.2) is 65.1 Å². The highest BCUT2D eigenvalue weighted by atomic mass is 16.5. The first-order valence-electron chi connectivity index (χ1n) is 9.72. The van der Waals surface area contributed by atoms with Crippen molar-refractivity contribution >= 4 is 39.5 Å². The number of carbonyl (C=O) groups excluding carboxylic acids is 2. The van der Waals surface area contributed by atoms with Crippen molar-refractivity contribution in [3.05, 3.63) is 66.2 Å². The van der Waals surface area contributed by atoms with Gasteiger partial charge in [0.1, 0.15) is 22.7 Å². The Bertz CT molecular complexity index is 1260. The van der Waals surface area contributed by atoms with Gasteiger partial charge in [0.2, 0.25) is 0 Å². The molecule has 0 saturated heterocycles. The Hall–Kier alpha value is -4.00.